The van der Waals surface area contributed by atoms with E-state index >= 15 is 0 Å². The highest BCUT2D eigenvalue weighted by Crippen LogP contribution is 2.34. The molecule has 0 aromatic heterocycles. The molecule has 0 saturated heterocycles. The molecule has 0 saturated carbocycles. The summed E-state index contributed by atoms with van der Waals surface area (Å²) in [4.78, 5) is 0. The van der Waals surface area contributed by atoms with E-state index in [0.717, 1.165) is 40.9 Å². The van der Waals surface area contributed by atoms with Crippen molar-refractivity contribution >= 4 is 10.8 Å². The molecule has 4 rings (SSSR count). The minimum atomic E-state index is -0.395. The van der Waals surface area contributed by atoms with Gasteiger partial charge >= 0.3 is 0 Å². The average molecular weight is 515 g/mol. The van der Waals surface area contributed by atoms with Crippen molar-refractivity contribution in [2.75, 3.05) is 20.3 Å². The van der Waals surface area contributed by atoms with E-state index in [1.54, 1.807) is 19.2 Å². The predicted molar refractivity (Wildman–Crippen MR) is 153 cm³/mol. The third kappa shape index (κ3) is 6.99. The molecule has 5 nitrogen and oxygen atoms in total. The second-order valence-electron chi connectivity index (χ2n) is 9.62. The second-order valence-corrected chi connectivity index (χ2v) is 9.62. The van der Waals surface area contributed by atoms with Crippen molar-refractivity contribution in [3.63, 3.8) is 0 Å². The summed E-state index contributed by atoms with van der Waals surface area (Å²) in [6.07, 6.45) is 1.71. The number of phenols is 1. The van der Waals surface area contributed by atoms with Crippen molar-refractivity contribution in [3.05, 3.63) is 96.1 Å². The van der Waals surface area contributed by atoms with Crippen LogP contribution in [-0.4, -0.2) is 31.7 Å². The smallest absolute Gasteiger partial charge is 0.197 e. The Bertz CT molecular complexity index is 1280. The van der Waals surface area contributed by atoms with Crippen LogP contribution >= 0.6 is 0 Å². The van der Waals surface area contributed by atoms with E-state index in [-0.39, 0.29) is 0 Å². The molecule has 4 aromatic carbocycles. The van der Waals surface area contributed by atoms with E-state index in [0.29, 0.717) is 30.8 Å². The van der Waals surface area contributed by atoms with Crippen LogP contribution < -0.4 is 14.2 Å². The molecule has 0 heterocycles. The number of aromatic hydroxyl groups is 1. The Labute approximate surface area is 225 Å². The van der Waals surface area contributed by atoms with Crippen LogP contribution in [0, 0.1) is 0 Å². The van der Waals surface area contributed by atoms with Crippen LogP contribution in [0.25, 0.3) is 10.8 Å². The molecule has 38 heavy (non-hydrogen) atoms. The first-order valence-electron chi connectivity index (χ1n) is 13.3. The first kappa shape index (κ1) is 27.3. The third-order valence-corrected chi connectivity index (χ3v) is 7.00. The summed E-state index contributed by atoms with van der Waals surface area (Å²) in [6, 6.07) is 27.8. The lowest BCUT2D eigenvalue weighted by Gasteiger charge is -2.21. The quantitative estimate of drug-likeness (QED) is 0.144. The summed E-state index contributed by atoms with van der Waals surface area (Å²) in [6.45, 7) is 7.19. The Morgan fingerprint density at radius 1 is 0.737 bits per heavy atom. The molecule has 0 aliphatic heterocycles. The van der Waals surface area contributed by atoms with Crippen LogP contribution in [0.1, 0.15) is 56.6 Å². The van der Waals surface area contributed by atoms with Gasteiger partial charge in [0.05, 0.1) is 13.7 Å². The van der Waals surface area contributed by atoms with Crippen LogP contribution in [0.4, 0.5) is 0 Å². The molecule has 0 bridgehead atoms. The van der Waals surface area contributed by atoms with Crippen molar-refractivity contribution in [2.24, 2.45) is 0 Å². The Balaban J connectivity index is 1.25. The number of benzene rings is 4. The van der Waals surface area contributed by atoms with E-state index in [9.17, 15) is 5.11 Å². The maximum absolute atomic E-state index is 9.56. The molecule has 5 heteroatoms. The summed E-state index contributed by atoms with van der Waals surface area (Å²) < 4.78 is 23.3. The molecule has 4 aromatic rings. The van der Waals surface area contributed by atoms with Gasteiger partial charge in [-0.3, -0.25) is 0 Å². The standard InChI is InChI=1S/C33H38O5/c1-5-25(22-23(2)26-12-16-28(34)17-13-26)27-14-18-29(19-15-27)38-24(3)36-20-21-37-33-11-7-8-30-31(33)9-6-10-32(30)35-4/h6-19,23-25,34H,5,20-22H2,1-4H3. The van der Waals surface area contributed by atoms with Crippen LogP contribution in [0.3, 0.4) is 0 Å². The zero-order chi connectivity index (χ0) is 26.9. The Hall–Kier alpha value is -3.70. The minimum Gasteiger partial charge on any atom is -0.508 e. The molecule has 200 valence electrons. The van der Waals surface area contributed by atoms with Crippen LogP contribution in [0.5, 0.6) is 23.0 Å². The number of hydrogen-bond donors (Lipinski definition) is 1. The van der Waals surface area contributed by atoms with Gasteiger partial charge in [-0.2, -0.15) is 0 Å². The zero-order valence-corrected chi connectivity index (χ0v) is 22.7. The number of hydrogen-bond acceptors (Lipinski definition) is 5. The molecule has 3 atom stereocenters. The predicted octanol–water partition coefficient (Wildman–Crippen LogP) is 8.06. The summed E-state index contributed by atoms with van der Waals surface area (Å²) in [7, 11) is 1.67. The van der Waals surface area contributed by atoms with Crippen molar-refractivity contribution in [1.29, 1.82) is 0 Å². The second kappa shape index (κ2) is 13.2. The Morgan fingerprint density at radius 2 is 1.37 bits per heavy atom. The zero-order valence-electron chi connectivity index (χ0n) is 22.7. The van der Waals surface area contributed by atoms with Gasteiger partial charge < -0.3 is 24.1 Å². The molecule has 0 fully saturated rings. The summed E-state index contributed by atoms with van der Waals surface area (Å²) >= 11 is 0. The SMILES string of the molecule is CCC(CC(C)c1ccc(O)cc1)c1ccc(OC(C)OCCOc2cccc3c(OC)cccc23)cc1. The van der Waals surface area contributed by atoms with Gasteiger partial charge in [0, 0.05) is 10.8 Å². The maximum Gasteiger partial charge on any atom is 0.197 e. The number of phenolic OH excluding ortho intramolecular Hbond substituents is 1. The van der Waals surface area contributed by atoms with Crippen LogP contribution in [-0.2, 0) is 4.74 Å². The van der Waals surface area contributed by atoms with Gasteiger partial charge in [-0.1, -0.05) is 62.4 Å². The van der Waals surface area contributed by atoms with Crippen molar-refractivity contribution < 1.29 is 24.1 Å². The molecule has 0 amide bonds. The molecule has 0 aliphatic rings. The van der Waals surface area contributed by atoms with Crippen molar-refractivity contribution in [3.8, 4) is 23.0 Å². The average Bonchev–Trinajstić information content (AvgIpc) is 2.94. The fourth-order valence-electron chi connectivity index (χ4n) is 4.87. The number of methoxy groups -OCH3 is 1. The van der Waals surface area contributed by atoms with E-state index in [4.69, 9.17) is 18.9 Å². The van der Waals surface area contributed by atoms with Crippen molar-refractivity contribution in [1.82, 2.24) is 0 Å². The number of ether oxygens (including phenoxy) is 4. The van der Waals surface area contributed by atoms with Crippen LogP contribution in [0.15, 0.2) is 84.9 Å². The minimum absolute atomic E-state index is 0.306. The highest BCUT2D eigenvalue weighted by Gasteiger charge is 2.16. The summed E-state index contributed by atoms with van der Waals surface area (Å²) in [5, 5.41) is 11.6. The van der Waals surface area contributed by atoms with E-state index in [2.05, 4.69) is 26.0 Å². The van der Waals surface area contributed by atoms with Gasteiger partial charge in [0.2, 0.25) is 0 Å². The Morgan fingerprint density at radius 3 is 2.03 bits per heavy atom. The lowest BCUT2D eigenvalue weighted by atomic mass is 9.84. The fourth-order valence-corrected chi connectivity index (χ4v) is 4.87. The lowest BCUT2D eigenvalue weighted by Crippen LogP contribution is -2.20. The van der Waals surface area contributed by atoms with Gasteiger partial charge in [0.15, 0.2) is 6.29 Å². The first-order valence-corrected chi connectivity index (χ1v) is 13.3. The van der Waals surface area contributed by atoms with Gasteiger partial charge in [-0.05, 0) is 79.1 Å². The Kier molecular flexibility index (Phi) is 9.50. The molecule has 0 aliphatic carbocycles. The molecule has 1 N–H and O–H groups in total. The highest BCUT2D eigenvalue weighted by atomic mass is 16.7. The summed E-state index contributed by atoms with van der Waals surface area (Å²) in [5.74, 6) is 3.58. The molecule has 0 radical (unpaired) electrons. The largest absolute Gasteiger partial charge is 0.508 e. The normalized spacial score (nSPS) is 13.6. The third-order valence-electron chi connectivity index (χ3n) is 7.00. The van der Waals surface area contributed by atoms with E-state index < -0.39 is 6.29 Å². The number of rotatable bonds is 13. The van der Waals surface area contributed by atoms with Gasteiger partial charge in [-0.25, -0.2) is 0 Å². The maximum atomic E-state index is 9.56. The highest BCUT2D eigenvalue weighted by molar-refractivity contribution is 5.93. The summed E-state index contributed by atoms with van der Waals surface area (Å²) in [5.41, 5.74) is 2.55. The van der Waals surface area contributed by atoms with Gasteiger partial charge in [-0.15, -0.1) is 0 Å². The monoisotopic (exact) mass is 514 g/mol. The molecular weight excluding hydrogens is 476 g/mol. The topological polar surface area (TPSA) is 57.2 Å². The van der Waals surface area contributed by atoms with Crippen molar-refractivity contribution in [2.45, 2.75) is 51.7 Å². The lowest BCUT2D eigenvalue weighted by molar-refractivity contribution is -0.0738. The van der Waals surface area contributed by atoms with E-state index in [1.165, 1.54) is 11.1 Å². The number of fused-ring (bicyclic) bond motifs is 1. The van der Waals surface area contributed by atoms with Gasteiger partial charge in [0.1, 0.15) is 29.6 Å². The van der Waals surface area contributed by atoms with Crippen LogP contribution in [0.2, 0.25) is 0 Å². The van der Waals surface area contributed by atoms with E-state index in [1.807, 2.05) is 67.6 Å². The first-order chi connectivity index (χ1) is 18.5. The van der Waals surface area contributed by atoms with Gasteiger partial charge in [0.25, 0.3) is 0 Å². The molecule has 0 spiro atoms. The molecule has 3 unspecified atom stereocenters. The fraction of sp³-hybridized carbons (Fsp3) is 0.333. The molecular formula is C33H38O5.